The summed E-state index contributed by atoms with van der Waals surface area (Å²) >= 11 is 0. The third-order valence-corrected chi connectivity index (χ3v) is 13.0. The van der Waals surface area contributed by atoms with Gasteiger partial charge < -0.3 is 0 Å². The minimum absolute atomic E-state index is 0.00539. The molecule has 4 heteroatoms. The summed E-state index contributed by atoms with van der Waals surface area (Å²) in [5.74, 6) is 1.91. The van der Waals surface area contributed by atoms with Gasteiger partial charge in [-0.05, 0) is 110 Å². The normalized spacial score (nSPS) is 13.6. The van der Waals surface area contributed by atoms with Crippen LogP contribution in [0.5, 0.6) is 0 Å². The molecule has 0 bridgehead atoms. The zero-order valence-corrected chi connectivity index (χ0v) is 34.3. The van der Waals surface area contributed by atoms with Gasteiger partial charge in [-0.3, -0.25) is 0 Å². The van der Waals surface area contributed by atoms with Gasteiger partial charge in [-0.2, -0.15) is 5.26 Å². The fraction of sp³-hybridized carbons (Fsp3) is 0.103. The second-order valence-electron chi connectivity index (χ2n) is 16.6. The average molecular weight is 795 g/mol. The summed E-state index contributed by atoms with van der Waals surface area (Å²) in [6.45, 7) is 0. The van der Waals surface area contributed by atoms with E-state index in [9.17, 15) is 5.26 Å². The molecule has 0 aliphatic heterocycles. The van der Waals surface area contributed by atoms with E-state index in [1.165, 1.54) is 63.8 Å². The van der Waals surface area contributed by atoms with Gasteiger partial charge >= 0.3 is 0 Å². The minimum atomic E-state index is -0.00539. The summed E-state index contributed by atoms with van der Waals surface area (Å²) in [7, 11) is 0. The van der Waals surface area contributed by atoms with Crippen molar-refractivity contribution < 1.29 is 0 Å². The predicted molar refractivity (Wildman–Crippen MR) is 252 cm³/mol. The molecule has 294 valence electrons. The van der Waals surface area contributed by atoms with Crippen LogP contribution in [0.2, 0.25) is 0 Å². The molecule has 11 rings (SSSR count). The zero-order valence-electron chi connectivity index (χ0n) is 34.3. The Balaban J connectivity index is 0.893. The van der Waals surface area contributed by atoms with Gasteiger partial charge in [0.25, 0.3) is 0 Å². The van der Waals surface area contributed by atoms with E-state index in [0.717, 1.165) is 57.3 Å². The van der Waals surface area contributed by atoms with Crippen molar-refractivity contribution in [2.24, 2.45) is 0 Å². The predicted octanol–water partition coefficient (Wildman–Crippen LogP) is 14.6. The monoisotopic (exact) mass is 794 g/mol. The van der Waals surface area contributed by atoms with Crippen LogP contribution < -0.4 is 0 Å². The molecule has 2 aliphatic carbocycles. The summed E-state index contributed by atoms with van der Waals surface area (Å²) in [4.78, 5) is 15.1. The van der Waals surface area contributed by atoms with E-state index in [1.807, 2.05) is 42.5 Å². The molecule has 0 saturated heterocycles. The van der Waals surface area contributed by atoms with E-state index in [4.69, 9.17) is 15.0 Å². The third-order valence-electron chi connectivity index (χ3n) is 13.0. The molecule has 1 aromatic heterocycles. The lowest BCUT2D eigenvalue weighted by molar-refractivity contribution is 0.353. The Labute approximate surface area is 362 Å². The van der Waals surface area contributed by atoms with E-state index in [0.29, 0.717) is 17.5 Å². The highest BCUT2D eigenvalue weighted by atomic mass is 15.0. The maximum atomic E-state index is 9.75. The Morgan fingerprint density at radius 3 is 1.32 bits per heavy atom. The molecule has 2 aliphatic rings. The summed E-state index contributed by atoms with van der Waals surface area (Å²) in [5, 5.41) is 9.75. The summed E-state index contributed by atoms with van der Waals surface area (Å²) < 4.78 is 0. The lowest BCUT2D eigenvalue weighted by atomic mass is 9.67. The van der Waals surface area contributed by atoms with Crippen LogP contribution in [0.4, 0.5) is 0 Å². The van der Waals surface area contributed by atoms with Gasteiger partial charge in [0.2, 0.25) is 0 Å². The van der Waals surface area contributed by atoms with Crippen LogP contribution in [0.3, 0.4) is 0 Å². The Morgan fingerprint density at radius 1 is 0.339 bits per heavy atom. The molecule has 0 atom stereocenters. The molecule has 1 fully saturated rings. The van der Waals surface area contributed by atoms with Gasteiger partial charge in [-0.1, -0.05) is 183 Å². The van der Waals surface area contributed by atoms with Crippen molar-refractivity contribution >= 4 is 0 Å². The van der Waals surface area contributed by atoms with Gasteiger partial charge in [0.15, 0.2) is 17.5 Å². The molecule has 1 spiro atoms. The third kappa shape index (κ3) is 6.79. The van der Waals surface area contributed by atoms with E-state index >= 15 is 0 Å². The Kier molecular flexibility index (Phi) is 9.44. The number of aromatic nitrogens is 3. The molecule has 9 aromatic rings. The highest BCUT2D eigenvalue weighted by Crippen LogP contribution is 2.56. The standard InChI is InChI=1S/C58H42N4/c59-38-39-20-30-51-52-31-29-49(37-54(52)58(53(51)34-39)32-8-3-9-33-58)43-23-21-42(22-24-43)46-16-10-17-47(35-46)48-18-11-19-50(36-48)57-61-55(44-14-6-2-7-15-44)60-56(62-57)45-27-25-41(26-28-45)40-12-4-1-5-13-40/h1-2,4-7,10-31,34-37H,3,8-9,32-33H2. The lowest BCUT2D eigenvalue weighted by Gasteiger charge is -2.36. The molecule has 0 radical (unpaired) electrons. The van der Waals surface area contributed by atoms with Crippen molar-refractivity contribution in [3.8, 4) is 95.9 Å². The summed E-state index contributed by atoms with van der Waals surface area (Å²) in [5.41, 5.74) is 18.3. The van der Waals surface area contributed by atoms with Crippen molar-refractivity contribution in [3.63, 3.8) is 0 Å². The average Bonchev–Trinajstić information content (AvgIpc) is 3.61. The van der Waals surface area contributed by atoms with Crippen LogP contribution in [0, 0.1) is 11.3 Å². The van der Waals surface area contributed by atoms with Crippen molar-refractivity contribution in [1.82, 2.24) is 15.0 Å². The second-order valence-corrected chi connectivity index (χ2v) is 16.6. The molecular formula is C58H42N4. The number of hydrogen-bond donors (Lipinski definition) is 0. The number of hydrogen-bond acceptors (Lipinski definition) is 4. The van der Waals surface area contributed by atoms with E-state index < -0.39 is 0 Å². The van der Waals surface area contributed by atoms with Crippen molar-refractivity contribution in [3.05, 3.63) is 211 Å². The first-order chi connectivity index (χ1) is 30.6. The number of rotatable bonds is 7. The van der Waals surface area contributed by atoms with Gasteiger partial charge in [-0.25, -0.2) is 15.0 Å². The molecule has 0 N–H and O–H groups in total. The van der Waals surface area contributed by atoms with Gasteiger partial charge in [0.1, 0.15) is 0 Å². The van der Waals surface area contributed by atoms with Crippen molar-refractivity contribution in [2.45, 2.75) is 37.5 Å². The zero-order chi connectivity index (χ0) is 41.5. The van der Waals surface area contributed by atoms with Gasteiger partial charge in [0, 0.05) is 22.1 Å². The fourth-order valence-electron chi connectivity index (χ4n) is 9.80. The Bertz CT molecular complexity index is 3140. The van der Waals surface area contributed by atoms with Crippen LogP contribution >= 0.6 is 0 Å². The van der Waals surface area contributed by atoms with Gasteiger partial charge in [-0.15, -0.1) is 0 Å². The van der Waals surface area contributed by atoms with Gasteiger partial charge in [0.05, 0.1) is 11.6 Å². The molecule has 1 heterocycles. The minimum Gasteiger partial charge on any atom is -0.208 e. The Hall–Kier alpha value is -7.74. The number of nitriles is 1. The highest BCUT2D eigenvalue weighted by molar-refractivity contribution is 5.85. The smallest absolute Gasteiger partial charge is 0.164 e. The first-order valence-electron chi connectivity index (χ1n) is 21.6. The first kappa shape index (κ1) is 37.3. The summed E-state index contributed by atoms with van der Waals surface area (Å²) in [6, 6.07) is 70.9. The maximum Gasteiger partial charge on any atom is 0.164 e. The molecule has 8 aromatic carbocycles. The van der Waals surface area contributed by atoms with Crippen molar-refractivity contribution in [2.75, 3.05) is 0 Å². The molecule has 4 nitrogen and oxygen atoms in total. The van der Waals surface area contributed by atoms with Crippen molar-refractivity contribution in [1.29, 1.82) is 5.26 Å². The van der Waals surface area contributed by atoms with Crippen LogP contribution in [0.25, 0.3) is 89.8 Å². The quantitative estimate of drug-likeness (QED) is 0.161. The van der Waals surface area contributed by atoms with Crippen LogP contribution in [0.15, 0.2) is 194 Å². The summed E-state index contributed by atoms with van der Waals surface area (Å²) in [6.07, 6.45) is 5.99. The number of benzene rings is 8. The first-order valence-corrected chi connectivity index (χ1v) is 21.6. The Morgan fingerprint density at radius 2 is 0.726 bits per heavy atom. The highest BCUT2D eigenvalue weighted by Gasteiger charge is 2.44. The SMILES string of the molecule is N#Cc1ccc2c(c1)C1(CCCCC1)c1cc(-c3ccc(-c4cccc(-c5cccc(-c6nc(-c7ccccc7)nc(-c7ccc(-c8ccccc8)cc7)n6)c5)c4)cc3)ccc1-2. The largest absolute Gasteiger partial charge is 0.208 e. The van der Waals surface area contributed by atoms with E-state index in [2.05, 4.69) is 158 Å². The van der Waals surface area contributed by atoms with Crippen LogP contribution in [-0.2, 0) is 5.41 Å². The number of fused-ring (bicyclic) bond motifs is 5. The molecular weight excluding hydrogens is 753 g/mol. The molecule has 0 unspecified atom stereocenters. The molecule has 1 saturated carbocycles. The molecule has 0 amide bonds. The maximum absolute atomic E-state index is 9.75. The second kappa shape index (κ2) is 15.7. The fourth-order valence-corrected chi connectivity index (χ4v) is 9.80. The van der Waals surface area contributed by atoms with E-state index in [1.54, 1.807) is 0 Å². The molecule has 62 heavy (non-hydrogen) atoms. The van der Waals surface area contributed by atoms with E-state index in [-0.39, 0.29) is 5.41 Å². The van der Waals surface area contributed by atoms with Crippen LogP contribution in [0.1, 0.15) is 48.8 Å². The lowest BCUT2D eigenvalue weighted by Crippen LogP contribution is -2.28. The topological polar surface area (TPSA) is 62.5 Å². The van der Waals surface area contributed by atoms with Crippen LogP contribution in [-0.4, -0.2) is 15.0 Å². The number of nitrogens with zero attached hydrogens (tertiary/aromatic N) is 4.